The van der Waals surface area contributed by atoms with Crippen LogP contribution >= 0.6 is 7.60 Å². The van der Waals surface area contributed by atoms with Crippen molar-refractivity contribution in [3.05, 3.63) is 23.8 Å². The molecule has 1 rings (SSSR count). The standard InChI is InChI=1S/C7H9O4P/c1-5-2-3-6(8)7(4-5)12(9,10)11/h2-4,8H,1H3,(H2,9,10,11). The lowest BCUT2D eigenvalue weighted by molar-refractivity contribution is 0.384. The Morgan fingerprint density at radius 1 is 1.33 bits per heavy atom. The Balaban J connectivity index is 3.33. The molecule has 0 spiro atoms. The van der Waals surface area contributed by atoms with Gasteiger partial charge in [0.25, 0.3) is 0 Å². The van der Waals surface area contributed by atoms with Gasteiger partial charge in [-0.25, -0.2) is 0 Å². The third kappa shape index (κ3) is 1.85. The molecule has 0 atom stereocenters. The molecule has 0 radical (unpaired) electrons. The average molecular weight is 188 g/mol. The Hall–Kier alpha value is -0.830. The van der Waals surface area contributed by atoms with E-state index < -0.39 is 7.60 Å². The average Bonchev–Trinajstić information content (AvgIpc) is 1.92. The maximum atomic E-state index is 10.7. The first-order valence-corrected chi connectivity index (χ1v) is 4.88. The lowest BCUT2D eigenvalue weighted by atomic mass is 10.2. The normalized spacial score (nSPS) is 11.6. The number of hydrogen-bond acceptors (Lipinski definition) is 2. The van der Waals surface area contributed by atoms with Crippen LogP contribution in [-0.2, 0) is 4.57 Å². The number of hydrogen-bond donors (Lipinski definition) is 3. The number of phenols is 1. The highest BCUT2D eigenvalue weighted by molar-refractivity contribution is 7.60. The van der Waals surface area contributed by atoms with Gasteiger partial charge in [-0.1, -0.05) is 6.07 Å². The third-order valence-electron chi connectivity index (χ3n) is 1.44. The number of rotatable bonds is 1. The zero-order valence-electron chi connectivity index (χ0n) is 6.43. The molecule has 4 nitrogen and oxygen atoms in total. The highest BCUT2D eigenvalue weighted by Gasteiger charge is 2.21. The minimum Gasteiger partial charge on any atom is -0.507 e. The highest BCUT2D eigenvalue weighted by Crippen LogP contribution is 2.36. The lowest BCUT2D eigenvalue weighted by Crippen LogP contribution is -2.04. The molecule has 66 valence electrons. The van der Waals surface area contributed by atoms with Crippen LogP contribution in [0.15, 0.2) is 18.2 Å². The van der Waals surface area contributed by atoms with E-state index in [9.17, 15) is 4.57 Å². The Morgan fingerprint density at radius 3 is 2.33 bits per heavy atom. The first kappa shape index (κ1) is 9.26. The number of phenolic OH excluding ortho intramolecular Hbond substituents is 1. The van der Waals surface area contributed by atoms with Crippen LogP contribution in [-0.4, -0.2) is 14.9 Å². The van der Waals surface area contributed by atoms with Crippen LogP contribution in [0.25, 0.3) is 0 Å². The van der Waals surface area contributed by atoms with Crippen LogP contribution in [0.5, 0.6) is 5.75 Å². The SMILES string of the molecule is Cc1ccc(O)c(P(=O)(O)O)c1. The molecular formula is C7H9O4P. The maximum Gasteiger partial charge on any atom is 0.359 e. The summed E-state index contributed by atoms with van der Waals surface area (Å²) in [5.74, 6) is -0.367. The first-order chi connectivity index (χ1) is 5.41. The van der Waals surface area contributed by atoms with Crippen molar-refractivity contribution in [1.29, 1.82) is 0 Å². The number of aromatic hydroxyl groups is 1. The van der Waals surface area contributed by atoms with E-state index in [-0.39, 0.29) is 11.1 Å². The summed E-state index contributed by atoms with van der Waals surface area (Å²) < 4.78 is 10.7. The largest absolute Gasteiger partial charge is 0.507 e. The van der Waals surface area contributed by atoms with Crippen molar-refractivity contribution in [3.8, 4) is 5.75 Å². The molecule has 0 aliphatic heterocycles. The molecule has 1 aromatic rings. The van der Waals surface area contributed by atoms with Crippen LogP contribution in [0.1, 0.15) is 5.56 Å². The van der Waals surface area contributed by atoms with Gasteiger partial charge in [-0.2, -0.15) is 0 Å². The molecule has 0 unspecified atom stereocenters. The monoisotopic (exact) mass is 188 g/mol. The minimum absolute atomic E-state index is 0.317. The summed E-state index contributed by atoms with van der Waals surface area (Å²) in [6, 6.07) is 4.12. The van der Waals surface area contributed by atoms with Crippen LogP contribution in [0.3, 0.4) is 0 Å². The van der Waals surface area contributed by atoms with E-state index in [1.807, 2.05) is 0 Å². The van der Waals surface area contributed by atoms with Crippen molar-refractivity contribution < 1.29 is 19.5 Å². The van der Waals surface area contributed by atoms with Crippen molar-refractivity contribution >= 4 is 12.9 Å². The van der Waals surface area contributed by atoms with E-state index in [0.717, 1.165) is 0 Å². The van der Waals surface area contributed by atoms with Crippen LogP contribution in [0, 0.1) is 6.92 Å². The topological polar surface area (TPSA) is 77.8 Å². The van der Waals surface area contributed by atoms with E-state index in [1.165, 1.54) is 12.1 Å². The fourth-order valence-electron chi connectivity index (χ4n) is 0.867. The Kier molecular flexibility index (Phi) is 2.24. The van der Waals surface area contributed by atoms with Crippen molar-refractivity contribution in [2.45, 2.75) is 6.92 Å². The Bertz CT molecular complexity index is 341. The van der Waals surface area contributed by atoms with Gasteiger partial charge >= 0.3 is 7.60 Å². The second kappa shape index (κ2) is 2.90. The molecule has 12 heavy (non-hydrogen) atoms. The van der Waals surface area contributed by atoms with Crippen molar-refractivity contribution in [2.75, 3.05) is 0 Å². The lowest BCUT2D eigenvalue weighted by Gasteiger charge is -2.06. The summed E-state index contributed by atoms with van der Waals surface area (Å²) >= 11 is 0. The summed E-state index contributed by atoms with van der Waals surface area (Å²) in [5, 5.41) is 8.76. The summed E-state index contributed by atoms with van der Waals surface area (Å²) in [4.78, 5) is 17.5. The molecule has 5 heteroatoms. The summed E-state index contributed by atoms with van der Waals surface area (Å²) in [5.41, 5.74) is 0.700. The third-order valence-corrected chi connectivity index (χ3v) is 2.43. The van der Waals surface area contributed by atoms with Gasteiger partial charge in [0.1, 0.15) is 11.1 Å². The van der Waals surface area contributed by atoms with E-state index in [2.05, 4.69) is 0 Å². The molecule has 0 bridgehead atoms. The molecule has 0 saturated carbocycles. The van der Waals surface area contributed by atoms with Crippen molar-refractivity contribution in [2.24, 2.45) is 0 Å². The van der Waals surface area contributed by atoms with Crippen molar-refractivity contribution in [1.82, 2.24) is 0 Å². The van der Waals surface area contributed by atoms with E-state index >= 15 is 0 Å². The van der Waals surface area contributed by atoms with Gasteiger partial charge in [0.15, 0.2) is 0 Å². The molecule has 1 aromatic carbocycles. The quantitative estimate of drug-likeness (QED) is 0.561. The summed E-state index contributed by atoms with van der Waals surface area (Å²) in [6.07, 6.45) is 0. The highest BCUT2D eigenvalue weighted by atomic mass is 31.2. The predicted octanol–water partition coefficient (Wildman–Crippen LogP) is 0.504. The van der Waals surface area contributed by atoms with Gasteiger partial charge in [-0.3, -0.25) is 4.57 Å². The van der Waals surface area contributed by atoms with E-state index in [1.54, 1.807) is 13.0 Å². The van der Waals surface area contributed by atoms with Gasteiger partial charge < -0.3 is 14.9 Å². The number of benzene rings is 1. The molecule has 0 aromatic heterocycles. The zero-order chi connectivity index (χ0) is 9.35. The van der Waals surface area contributed by atoms with Gasteiger partial charge in [0, 0.05) is 0 Å². The van der Waals surface area contributed by atoms with Gasteiger partial charge in [0.2, 0.25) is 0 Å². The fourth-order valence-corrected chi connectivity index (χ4v) is 1.61. The van der Waals surface area contributed by atoms with Gasteiger partial charge in [0.05, 0.1) is 0 Å². The Morgan fingerprint density at radius 2 is 1.92 bits per heavy atom. The first-order valence-electron chi connectivity index (χ1n) is 3.27. The molecule has 0 aliphatic rings. The molecular weight excluding hydrogens is 179 g/mol. The molecule has 3 N–H and O–H groups in total. The minimum atomic E-state index is -4.33. The fraction of sp³-hybridized carbons (Fsp3) is 0.143. The molecule has 0 saturated heterocycles. The molecule has 0 fully saturated rings. The van der Waals surface area contributed by atoms with E-state index in [4.69, 9.17) is 14.9 Å². The van der Waals surface area contributed by atoms with E-state index in [0.29, 0.717) is 5.56 Å². The maximum absolute atomic E-state index is 10.7. The van der Waals surface area contributed by atoms with Gasteiger partial charge in [-0.15, -0.1) is 0 Å². The summed E-state index contributed by atoms with van der Waals surface area (Å²) in [6.45, 7) is 1.69. The molecule has 0 amide bonds. The summed E-state index contributed by atoms with van der Waals surface area (Å²) in [7, 11) is -4.33. The van der Waals surface area contributed by atoms with Gasteiger partial charge in [-0.05, 0) is 24.6 Å². The zero-order valence-corrected chi connectivity index (χ0v) is 7.32. The predicted molar refractivity (Wildman–Crippen MR) is 44.5 cm³/mol. The molecule has 0 heterocycles. The van der Waals surface area contributed by atoms with Crippen LogP contribution in [0.4, 0.5) is 0 Å². The van der Waals surface area contributed by atoms with Crippen LogP contribution in [0.2, 0.25) is 0 Å². The Labute approximate surface area is 69.6 Å². The smallest absolute Gasteiger partial charge is 0.359 e. The number of aryl methyl sites for hydroxylation is 1. The van der Waals surface area contributed by atoms with Crippen molar-refractivity contribution in [3.63, 3.8) is 0 Å². The van der Waals surface area contributed by atoms with Crippen LogP contribution < -0.4 is 5.30 Å². The second-order valence-corrected chi connectivity index (χ2v) is 4.11. The molecule has 0 aliphatic carbocycles. The second-order valence-electron chi connectivity index (χ2n) is 2.54.